The van der Waals surface area contributed by atoms with Crippen molar-refractivity contribution in [2.75, 3.05) is 58.1 Å². The highest BCUT2D eigenvalue weighted by Gasteiger charge is 2.18. The van der Waals surface area contributed by atoms with Gasteiger partial charge in [-0.25, -0.2) is 8.42 Å². The number of hydrogen-bond donors (Lipinski definition) is 0. The molecule has 1 aliphatic rings. The van der Waals surface area contributed by atoms with Crippen LogP contribution in [0.25, 0.3) is 0 Å². The minimum absolute atomic E-state index is 0.152. The van der Waals surface area contributed by atoms with Crippen LogP contribution in [-0.4, -0.2) is 76.7 Å². The highest BCUT2D eigenvalue weighted by Crippen LogP contribution is 2.17. The molecule has 1 fully saturated rings. The van der Waals surface area contributed by atoms with Crippen LogP contribution in [0.15, 0.2) is 24.3 Å². The summed E-state index contributed by atoms with van der Waals surface area (Å²) < 4.78 is 29.1. The molecule has 134 valence electrons. The fourth-order valence-electron chi connectivity index (χ4n) is 2.42. The predicted octanol–water partition coefficient (Wildman–Crippen LogP) is 0.373. The molecule has 1 aromatic carbocycles. The molecule has 1 amide bonds. The van der Waals surface area contributed by atoms with Crippen molar-refractivity contribution in [1.29, 1.82) is 0 Å². The molecule has 1 saturated heterocycles. The van der Waals surface area contributed by atoms with Crippen LogP contribution in [0.3, 0.4) is 0 Å². The fraction of sp³-hybridized carbons (Fsp3) is 0.562. The summed E-state index contributed by atoms with van der Waals surface area (Å²) in [6.45, 7) is 3.55. The summed E-state index contributed by atoms with van der Waals surface area (Å²) in [4.78, 5) is 15.9. The first-order valence-electron chi connectivity index (χ1n) is 7.84. The molecular formula is C16H25N3O4S. The van der Waals surface area contributed by atoms with Gasteiger partial charge in [0.2, 0.25) is 15.9 Å². The van der Waals surface area contributed by atoms with Gasteiger partial charge in [-0.2, -0.15) is 4.31 Å². The Morgan fingerprint density at radius 2 is 1.75 bits per heavy atom. The first-order valence-corrected chi connectivity index (χ1v) is 9.69. The number of amides is 1. The summed E-state index contributed by atoms with van der Waals surface area (Å²) in [6.07, 6.45) is 1.09. The van der Waals surface area contributed by atoms with Crippen LogP contribution >= 0.6 is 0 Å². The molecule has 2 rings (SSSR count). The summed E-state index contributed by atoms with van der Waals surface area (Å²) in [6, 6.07) is 8.08. The number of carbonyl (C=O) groups is 1. The van der Waals surface area contributed by atoms with Crippen LogP contribution < -0.4 is 4.90 Å². The molecule has 1 aliphatic heterocycles. The third-order valence-electron chi connectivity index (χ3n) is 4.08. The van der Waals surface area contributed by atoms with Crippen LogP contribution in [0, 0.1) is 0 Å². The van der Waals surface area contributed by atoms with Gasteiger partial charge < -0.3 is 14.5 Å². The van der Waals surface area contributed by atoms with Crippen molar-refractivity contribution in [1.82, 2.24) is 9.21 Å². The quantitative estimate of drug-likeness (QED) is 0.738. The van der Waals surface area contributed by atoms with E-state index in [1.165, 1.54) is 11.9 Å². The Morgan fingerprint density at radius 1 is 1.17 bits per heavy atom. The smallest absolute Gasteiger partial charge is 0.237 e. The molecule has 1 heterocycles. The lowest BCUT2D eigenvalue weighted by molar-refractivity contribution is -0.130. The Morgan fingerprint density at radius 3 is 2.29 bits per heavy atom. The lowest BCUT2D eigenvalue weighted by Crippen LogP contribution is -2.38. The summed E-state index contributed by atoms with van der Waals surface area (Å²) in [5, 5.41) is 0. The molecule has 0 radical (unpaired) electrons. The number of rotatable bonds is 6. The summed E-state index contributed by atoms with van der Waals surface area (Å²) in [5.74, 6) is -0.236. The van der Waals surface area contributed by atoms with Gasteiger partial charge in [-0.05, 0) is 17.7 Å². The highest BCUT2D eigenvalue weighted by molar-refractivity contribution is 7.88. The van der Waals surface area contributed by atoms with Crippen LogP contribution in [-0.2, 0) is 26.1 Å². The molecule has 0 unspecified atom stereocenters. The number of hydrogen-bond acceptors (Lipinski definition) is 5. The molecular weight excluding hydrogens is 330 g/mol. The maximum atomic E-state index is 12.1. The van der Waals surface area contributed by atoms with E-state index in [9.17, 15) is 13.2 Å². The van der Waals surface area contributed by atoms with Crippen molar-refractivity contribution in [3.8, 4) is 0 Å². The third-order valence-corrected chi connectivity index (χ3v) is 5.34. The monoisotopic (exact) mass is 355 g/mol. The Hall–Kier alpha value is -1.64. The van der Waals surface area contributed by atoms with Gasteiger partial charge in [0.15, 0.2) is 0 Å². The minimum Gasteiger partial charge on any atom is -0.378 e. The number of carbonyl (C=O) groups excluding carboxylic acids is 1. The van der Waals surface area contributed by atoms with Gasteiger partial charge in [-0.15, -0.1) is 0 Å². The van der Waals surface area contributed by atoms with Crippen molar-refractivity contribution in [2.45, 2.75) is 6.54 Å². The summed E-state index contributed by atoms with van der Waals surface area (Å²) in [5.41, 5.74) is 2.15. The second-order valence-corrected chi connectivity index (χ2v) is 8.12. The molecule has 1 aromatic rings. The normalized spacial score (nSPS) is 15.6. The van der Waals surface area contributed by atoms with E-state index in [1.807, 2.05) is 24.3 Å². The molecule has 0 aromatic heterocycles. The van der Waals surface area contributed by atoms with E-state index in [0.717, 1.165) is 48.1 Å². The molecule has 0 N–H and O–H groups in total. The van der Waals surface area contributed by atoms with E-state index in [1.54, 1.807) is 7.05 Å². The Kier molecular flexibility index (Phi) is 6.20. The average Bonchev–Trinajstić information content (AvgIpc) is 2.55. The number of sulfonamides is 1. The zero-order valence-corrected chi connectivity index (χ0v) is 15.3. The largest absolute Gasteiger partial charge is 0.378 e. The second-order valence-electron chi connectivity index (χ2n) is 6.03. The van der Waals surface area contributed by atoms with E-state index in [2.05, 4.69) is 4.90 Å². The highest BCUT2D eigenvalue weighted by atomic mass is 32.2. The Bertz CT molecular complexity index is 654. The molecule has 0 saturated carbocycles. The maximum absolute atomic E-state index is 12.1. The fourth-order valence-corrected chi connectivity index (χ4v) is 2.77. The first-order chi connectivity index (χ1) is 11.3. The number of morpholine rings is 1. The number of ether oxygens (including phenoxy) is 1. The van der Waals surface area contributed by atoms with Gasteiger partial charge in [-0.3, -0.25) is 4.79 Å². The number of nitrogens with zero attached hydrogens (tertiary/aromatic N) is 3. The molecule has 0 spiro atoms. The van der Waals surface area contributed by atoms with Gasteiger partial charge in [-0.1, -0.05) is 12.1 Å². The van der Waals surface area contributed by atoms with Gasteiger partial charge in [0.05, 0.1) is 26.0 Å². The zero-order valence-electron chi connectivity index (χ0n) is 14.4. The number of likely N-dealkylation sites (N-methyl/N-ethyl adjacent to an activating group) is 2. The van der Waals surface area contributed by atoms with E-state index in [4.69, 9.17) is 4.74 Å². The summed E-state index contributed by atoms with van der Waals surface area (Å²) >= 11 is 0. The minimum atomic E-state index is -3.35. The molecule has 0 bridgehead atoms. The van der Waals surface area contributed by atoms with Crippen LogP contribution in [0.1, 0.15) is 5.56 Å². The van der Waals surface area contributed by atoms with Crippen LogP contribution in [0.2, 0.25) is 0 Å². The van der Waals surface area contributed by atoms with Crippen molar-refractivity contribution < 1.29 is 17.9 Å². The summed E-state index contributed by atoms with van der Waals surface area (Å²) in [7, 11) is -0.276. The Balaban J connectivity index is 1.91. The van der Waals surface area contributed by atoms with Crippen molar-refractivity contribution in [2.24, 2.45) is 0 Å². The SMILES string of the molecule is CN(Cc1ccc(N2CCOCC2)cc1)C(=O)CN(C)S(C)(=O)=O. The lowest BCUT2D eigenvalue weighted by Gasteiger charge is -2.29. The van der Waals surface area contributed by atoms with Gasteiger partial charge in [0, 0.05) is 39.4 Å². The maximum Gasteiger partial charge on any atom is 0.237 e. The third kappa shape index (κ3) is 5.19. The molecule has 24 heavy (non-hydrogen) atoms. The lowest BCUT2D eigenvalue weighted by atomic mass is 10.1. The zero-order chi connectivity index (χ0) is 17.7. The van der Waals surface area contributed by atoms with Crippen molar-refractivity contribution in [3.63, 3.8) is 0 Å². The van der Waals surface area contributed by atoms with E-state index in [-0.39, 0.29) is 12.5 Å². The molecule has 7 nitrogen and oxygen atoms in total. The number of benzene rings is 1. The average molecular weight is 355 g/mol. The van der Waals surface area contributed by atoms with E-state index < -0.39 is 10.0 Å². The predicted molar refractivity (Wildman–Crippen MR) is 93.4 cm³/mol. The molecule has 0 atom stereocenters. The second kappa shape index (κ2) is 7.96. The van der Waals surface area contributed by atoms with E-state index in [0.29, 0.717) is 6.54 Å². The molecule has 8 heteroatoms. The van der Waals surface area contributed by atoms with Crippen LogP contribution in [0.4, 0.5) is 5.69 Å². The van der Waals surface area contributed by atoms with E-state index >= 15 is 0 Å². The standard InChI is InChI=1S/C16H25N3O4S/c1-17(16(20)13-18(2)24(3,21)22)12-14-4-6-15(7-5-14)19-8-10-23-11-9-19/h4-7H,8-13H2,1-3H3. The Labute approximate surface area is 143 Å². The van der Waals surface area contributed by atoms with Crippen molar-refractivity contribution >= 4 is 21.6 Å². The van der Waals surface area contributed by atoms with Crippen LogP contribution in [0.5, 0.6) is 0 Å². The van der Waals surface area contributed by atoms with Gasteiger partial charge in [0.25, 0.3) is 0 Å². The van der Waals surface area contributed by atoms with Crippen molar-refractivity contribution in [3.05, 3.63) is 29.8 Å². The van der Waals surface area contributed by atoms with Gasteiger partial charge in [0.1, 0.15) is 0 Å². The topological polar surface area (TPSA) is 70.2 Å². The first kappa shape index (κ1) is 18.7. The van der Waals surface area contributed by atoms with Gasteiger partial charge >= 0.3 is 0 Å². The molecule has 0 aliphatic carbocycles. The number of anilines is 1.